The standard InChI is InChI=1S/C19H26N4O3S/c1-15-4-6-17(7-5-15)27(24,25)23-12-8-16(9-13-23)14-22(2)18-19(26-3)21-11-10-20-18/h4-7,10-11,16H,8-9,12-14H2,1-3H3. The largest absolute Gasteiger partial charge is 0.478 e. The number of piperidine rings is 1. The van der Waals surface area contributed by atoms with Gasteiger partial charge < -0.3 is 9.64 Å². The van der Waals surface area contributed by atoms with Crippen molar-refractivity contribution in [1.82, 2.24) is 14.3 Å². The van der Waals surface area contributed by atoms with Gasteiger partial charge in [-0.3, -0.25) is 0 Å². The van der Waals surface area contributed by atoms with Crippen LogP contribution >= 0.6 is 0 Å². The van der Waals surface area contributed by atoms with Gasteiger partial charge in [0.15, 0.2) is 5.82 Å². The highest BCUT2D eigenvalue weighted by Gasteiger charge is 2.30. The molecule has 0 atom stereocenters. The van der Waals surface area contributed by atoms with Gasteiger partial charge in [0.25, 0.3) is 5.88 Å². The normalized spacial score (nSPS) is 16.3. The summed E-state index contributed by atoms with van der Waals surface area (Å²) >= 11 is 0. The molecule has 0 aliphatic carbocycles. The molecule has 0 saturated carbocycles. The molecule has 0 amide bonds. The van der Waals surface area contributed by atoms with Crippen molar-refractivity contribution in [3.63, 3.8) is 0 Å². The van der Waals surface area contributed by atoms with E-state index in [1.807, 2.05) is 31.0 Å². The highest BCUT2D eigenvalue weighted by Crippen LogP contribution is 2.27. The zero-order chi connectivity index (χ0) is 19.4. The van der Waals surface area contributed by atoms with Crippen molar-refractivity contribution in [1.29, 1.82) is 0 Å². The number of rotatable bonds is 6. The van der Waals surface area contributed by atoms with Gasteiger partial charge >= 0.3 is 0 Å². The Hall–Kier alpha value is -2.19. The topological polar surface area (TPSA) is 75.6 Å². The molecule has 0 N–H and O–H groups in total. The van der Waals surface area contributed by atoms with E-state index in [2.05, 4.69) is 9.97 Å². The van der Waals surface area contributed by atoms with Crippen molar-refractivity contribution >= 4 is 15.8 Å². The zero-order valence-electron chi connectivity index (χ0n) is 16.0. The smallest absolute Gasteiger partial charge is 0.257 e. The SMILES string of the molecule is COc1nccnc1N(C)CC1CCN(S(=O)(=O)c2ccc(C)cc2)CC1. The molecule has 1 aromatic heterocycles. The minimum Gasteiger partial charge on any atom is -0.478 e. The Balaban J connectivity index is 1.61. The van der Waals surface area contributed by atoms with Gasteiger partial charge in [-0.2, -0.15) is 4.31 Å². The predicted octanol–water partition coefficient (Wildman–Crippen LogP) is 2.33. The number of sulfonamides is 1. The van der Waals surface area contributed by atoms with Crippen LogP contribution in [0.4, 0.5) is 5.82 Å². The van der Waals surface area contributed by atoms with Gasteiger partial charge in [0.2, 0.25) is 10.0 Å². The quantitative estimate of drug-likeness (QED) is 0.754. The fourth-order valence-corrected chi connectivity index (χ4v) is 4.86. The molecule has 2 aromatic rings. The molecule has 8 heteroatoms. The van der Waals surface area contributed by atoms with Crippen molar-refractivity contribution in [2.45, 2.75) is 24.7 Å². The van der Waals surface area contributed by atoms with Gasteiger partial charge in [0.1, 0.15) is 0 Å². The second-order valence-electron chi connectivity index (χ2n) is 6.93. The maximum Gasteiger partial charge on any atom is 0.257 e. The average Bonchev–Trinajstić information content (AvgIpc) is 2.68. The number of hydrogen-bond acceptors (Lipinski definition) is 6. The van der Waals surface area contributed by atoms with Crippen molar-refractivity contribution < 1.29 is 13.2 Å². The summed E-state index contributed by atoms with van der Waals surface area (Å²) < 4.78 is 32.5. The van der Waals surface area contributed by atoms with E-state index in [0.29, 0.717) is 35.6 Å². The van der Waals surface area contributed by atoms with Crippen molar-refractivity contribution in [2.24, 2.45) is 5.92 Å². The number of hydrogen-bond donors (Lipinski definition) is 0. The minimum atomic E-state index is -3.42. The van der Waals surface area contributed by atoms with Crippen LogP contribution in [0.3, 0.4) is 0 Å². The lowest BCUT2D eigenvalue weighted by Crippen LogP contribution is -2.41. The molecule has 7 nitrogen and oxygen atoms in total. The summed E-state index contributed by atoms with van der Waals surface area (Å²) in [7, 11) is 0.123. The molecule has 1 aliphatic heterocycles. The highest BCUT2D eigenvalue weighted by atomic mass is 32.2. The van der Waals surface area contributed by atoms with Crippen LogP contribution in [-0.4, -0.2) is 56.5 Å². The number of nitrogens with zero attached hydrogens (tertiary/aromatic N) is 4. The Bertz CT molecular complexity index is 863. The lowest BCUT2D eigenvalue weighted by atomic mass is 9.98. The summed E-state index contributed by atoms with van der Waals surface area (Å²) in [6.45, 7) is 3.80. The van der Waals surface area contributed by atoms with Crippen LogP contribution in [0.5, 0.6) is 5.88 Å². The number of benzene rings is 1. The number of methoxy groups -OCH3 is 1. The number of anilines is 1. The van der Waals surface area contributed by atoms with Crippen molar-refractivity contribution in [3.05, 3.63) is 42.2 Å². The maximum atomic E-state index is 12.8. The fraction of sp³-hybridized carbons (Fsp3) is 0.474. The highest BCUT2D eigenvalue weighted by molar-refractivity contribution is 7.89. The van der Waals surface area contributed by atoms with E-state index in [1.54, 1.807) is 35.9 Å². The average molecular weight is 391 g/mol. The van der Waals surface area contributed by atoms with Crippen LogP contribution in [0.1, 0.15) is 18.4 Å². The van der Waals surface area contributed by atoms with Crippen molar-refractivity contribution in [2.75, 3.05) is 38.7 Å². The Kier molecular flexibility index (Phi) is 5.96. The number of aryl methyl sites for hydroxylation is 1. The first-order valence-electron chi connectivity index (χ1n) is 9.04. The van der Waals surface area contributed by atoms with E-state index >= 15 is 0 Å². The molecule has 0 radical (unpaired) electrons. The van der Waals surface area contributed by atoms with Crippen LogP contribution in [0.25, 0.3) is 0 Å². The van der Waals surface area contributed by atoms with E-state index in [9.17, 15) is 8.42 Å². The van der Waals surface area contributed by atoms with E-state index < -0.39 is 10.0 Å². The van der Waals surface area contributed by atoms with E-state index in [0.717, 1.165) is 24.9 Å². The molecular formula is C19H26N4O3S. The van der Waals surface area contributed by atoms with E-state index in [-0.39, 0.29) is 0 Å². The molecule has 2 heterocycles. The van der Waals surface area contributed by atoms with Gasteiger partial charge in [-0.15, -0.1) is 0 Å². The first-order chi connectivity index (χ1) is 12.9. The molecule has 27 heavy (non-hydrogen) atoms. The third-order valence-corrected chi connectivity index (χ3v) is 6.88. The van der Waals surface area contributed by atoms with Crippen LogP contribution in [0.2, 0.25) is 0 Å². The summed E-state index contributed by atoms with van der Waals surface area (Å²) in [6.07, 6.45) is 4.88. The molecule has 0 bridgehead atoms. The Morgan fingerprint density at radius 2 is 1.78 bits per heavy atom. The molecule has 0 unspecified atom stereocenters. The first-order valence-corrected chi connectivity index (χ1v) is 10.5. The molecule has 0 spiro atoms. The van der Waals surface area contributed by atoms with Crippen LogP contribution < -0.4 is 9.64 Å². The fourth-order valence-electron chi connectivity index (χ4n) is 3.39. The molecule has 1 fully saturated rings. The first kappa shape index (κ1) is 19.6. The summed E-state index contributed by atoms with van der Waals surface area (Å²) in [4.78, 5) is 10.9. The monoisotopic (exact) mass is 390 g/mol. The number of aromatic nitrogens is 2. The minimum absolute atomic E-state index is 0.368. The van der Waals surface area contributed by atoms with Crippen LogP contribution in [0, 0.1) is 12.8 Å². The van der Waals surface area contributed by atoms with E-state index in [4.69, 9.17) is 4.74 Å². The zero-order valence-corrected chi connectivity index (χ0v) is 16.8. The molecule has 1 aliphatic rings. The third-order valence-electron chi connectivity index (χ3n) is 4.97. The summed E-state index contributed by atoms with van der Waals surface area (Å²) in [5, 5.41) is 0. The molecule has 146 valence electrons. The van der Waals surface area contributed by atoms with Gasteiger partial charge in [0.05, 0.1) is 12.0 Å². The maximum absolute atomic E-state index is 12.8. The predicted molar refractivity (Wildman–Crippen MR) is 105 cm³/mol. The second-order valence-corrected chi connectivity index (χ2v) is 8.87. The summed E-state index contributed by atoms with van der Waals surface area (Å²) in [6, 6.07) is 7.04. The Morgan fingerprint density at radius 3 is 2.41 bits per heavy atom. The van der Waals surface area contributed by atoms with Crippen molar-refractivity contribution in [3.8, 4) is 5.88 Å². The number of ether oxygens (including phenoxy) is 1. The summed E-state index contributed by atoms with van der Waals surface area (Å²) in [5.41, 5.74) is 1.05. The van der Waals surface area contributed by atoms with E-state index in [1.165, 1.54) is 0 Å². The Labute approximate surface area is 161 Å². The van der Waals surface area contributed by atoms with Crippen LogP contribution in [0.15, 0.2) is 41.6 Å². The molecule has 1 saturated heterocycles. The summed E-state index contributed by atoms with van der Waals surface area (Å²) in [5.74, 6) is 1.60. The van der Waals surface area contributed by atoms with Gasteiger partial charge in [-0.05, 0) is 37.8 Å². The lowest BCUT2D eigenvalue weighted by molar-refractivity contribution is 0.276. The second kappa shape index (κ2) is 8.22. The Morgan fingerprint density at radius 1 is 1.15 bits per heavy atom. The van der Waals surface area contributed by atoms with Gasteiger partial charge in [-0.25, -0.2) is 18.4 Å². The molecule has 1 aromatic carbocycles. The molecule has 3 rings (SSSR count). The lowest BCUT2D eigenvalue weighted by Gasteiger charge is -2.33. The molecular weight excluding hydrogens is 364 g/mol. The third kappa shape index (κ3) is 4.39. The van der Waals surface area contributed by atoms with Gasteiger partial charge in [-0.1, -0.05) is 17.7 Å². The van der Waals surface area contributed by atoms with Gasteiger partial charge in [0, 0.05) is 39.1 Å². The van der Waals surface area contributed by atoms with Crippen LogP contribution in [-0.2, 0) is 10.0 Å².